The van der Waals surface area contributed by atoms with E-state index in [-0.39, 0.29) is 0 Å². The van der Waals surface area contributed by atoms with Crippen molar-refractivity contribution in [1.29, 1.82) is 0 Å². The molecule has 0 radical (unpaired) electrons. The summed E-state index contributed by atoms with van der Waals surface area (Å²) in [4.78, 5) is 0. The zero-order valence-corrected chi connectivity index (χ0v) is 9.11. The van der Waals surface area contributed by atoms with Gasteiger partial charge in [0.1, 0.15) is 0 Å². The molecular weight excluding hydrogens is 272 g/mol. The van der Waals surface area contributed by atoms with Gasteiger partial charge in [0.05, 0.1) is 5.02 Å². The molecule has 0 bridgehead atoms. The van der Waals surface area contributed by atoms with Gasteiger partial charge in [-0.3, -0.25) is 0 Å². The van der Waals surface area contributed by atoms with Gasteiger partial charge in [0.25, 0.3) is 0 Å². The fourth-order valence-electron chi connectivity index (χ4n) is 0.810. The van der Waals surface area contributed by atoms with Crippen LogP contribution in [-0.4, -0.2) is 6.54 Å². The van der Waals surface area contributed by atoms with E-state index in [9.17, 15) is 0 Å². The van der Waals surface area contributed by atoms with Crippen LogP contribution in [0.5, 0.6) is 0 Å². The lowest BCUT2D eigenvalue weighted by Crippen LogP contribution is -1.95. The van der Waals surface area contributed by atoms with Crippen molar-refractivity contribution in [3.8, 4) is 0 Å². The molecular formula is C8H9ClIN. The Hall–Kier alpha value is 0.0400. The Morgan fingerprint density at radius 2 is 2.27 bits per heavy atom. The lowest BCUT2D eigenvalue weighted by molar-refractivity contribution is 1.21. The summed E-state index contributed by atoms with van der Waals surface area (Å²) in [5, 5.41) is 4.00. The largest absolute Gasteiger partial charge is 0.385 e. The Morgan fingerprint density at radius 1 is 1.55 bits per heavy atom. The van der Waals surface area contributed by atoms with E-state index < -0.39 is 0 Å². The molecule has 0 saturated heterocycles. The van der Waals surface area contributed by atoms with Crippen LogP contribution in [0.15, 0.2) is 18.2 Å². The first kappa shape index (κ1) is 9.13. The maximum atomic E-state index is 5.90. The molecule has 1 N–H and O–H groups in total. The van der Waals surface area contributed by atoms with Crippen molar-refractivity contribution in [2.24, 2.45) is 0 Å². The average Bonchev–Trinajstić information content (AvgIpc) is 1.98. The smallest absolute Gasteiger partial charge is 0.0559 e. The molecule has 0 aliphatic rings. The van der Waals surface area contributed by atoms with E-state index in [1.54, 1.807) is 0 Å². The summed E-state index contributed by atoms with van der Waals surface area (Å²) in [6.07, 6.45) is 0. The van der Waals surface area contributed by atoms with Crippen molar-refractivity contribution in [2.45, 2.75) is 6.92 Å². The van der Waals surface area contributed by atoms with Gasteiger partial charge in [-0.25, -0.2) is 0 Å². The zero-order valence-electron chi connectivity index (χ0n) is 6.20. The van der Waals surface area contributed by atoms with Crippen molar-refractivity contribution >= 4 is 39.9 Å². The quantitative estimate of drug-likeness (QED) is 0.820. The summed E-state index contributed by atoms with van der Waals surface area (Å²) < 4.78 is 1.09. The monoisotopic (exact) mass is 281 g/mol. The highest BCUT2D eigenvalue weighted by molar-refractivity contribution is 14.1. The van der Waals surface area contributed by atoms with E-state index in [0.717, 1.165) is 20.8 Å². The number of halogens is 2. The van der Waals surface area contributed by atoms with Crippen LogP contribution in [0.4, 0.5) is 5.69 Å². The standard InChI is InChI=1S/C8H9ClIN/c1-2-11-6-3-4-8(10)7(9)5-6/h3-5,11H,2H2,1H3. The zero-order chi connectivity index (χ0) is 8.27. The molecule has 1 aromatic rings. The minimum absolute atomic E-state index is 0.809. The number of rotatable bonds is 2. The predicted molar refractivity (Wildman–Crippen MR) is 58.3 cm³/mol. The SMILES string of the molecule is CCNc1ccc(I)c(Cl)c1. The van der Waals surface area contributed by atoms with E-state index in [2.05, 4.69) is 34.8 Å². The van der Waals surface area contributed by atoms with Crippen LogP contribution in [0.2, 0.25) is 5.02 Å². The summed E-state index contributed by atoms with van der Waals surface area (Å²) >= 11 is 8.11. The highest BCUT2D eigenvalue weighted by Gasteiger charge is 1.96. The minimum atomic E-state index is 0.809. The maximum absolute atomic E-state index is 5.90. The molecule has 11 heavy (non-hydrogen) atoms. The third-order valence-corrected chi connectivity index (χ3v) is 2.87. The van der Waals surface area contributed by atoms with E-state index in [0.29, 0.717) is 0 Å². The van der Waals surface area contributed by atoms with Gasteiger partial charge >= 0.3 is 0 Å². The van der Waals surface area contributed by atoms with Crippen LogP contribution in [-0.2, 0) is 0 Å². The van der Waals surface area contributed by atoms with Gasteiger partial charge in [-0.05, 0) is 47.7 Å². The van der Waals surface area contributed by atoms with Gasteiger partial charge < -0.3 is 5.32 Å². The summed E-state index contributed by atoms with van der Waals surface area (Å²) in [5.74, 6) is 0. The van der Waals surface area contributed by atoms with E-state index in [1.807, 2.05) is 18.2 Å². The summed E-state index contributed by atoms with van der Waals surface area (Å²) in [6, 6.07) is 5.96. The van der Waals surface area contributed by atoms with Crippen molar-refractivity contribution in [2.75, 3.05) is 11.9 Å². The Labute approximate surface area is 85.3 Å². The number of nitrogens with one attached hydrogen (secondary N) is 1. The second kappa shape index (κ2) is 4.16. The van der Waals surface area contributed by atoms with E-state index in [1.165, 1.54) is 0 Å². The Balaban J connectivity index is 2.86. The Morgan fingerprint density at radius 3 is 2.82 bits per heavy atom. The number of anilines is 1. The van der Waals surface area contributed by atoms with E-state index in [4.69, 9.17) is 11.6 Å². The Bertz CT molecular complexity index is 250. The van der Waals surface area contributed by atoms with Crippen LogP contribution < -0.4 is 5.32 Å². The molecule has 0 heterocycles. The summed E-state index contributed by atoms with van der Waals surface area (Å²) in [5.41, 5.74) is 1.08. The highest BCUT2D eigenvalue weighted by atomic mass is 127. The second-order valence-electron chi connectivity index (χ2n) is 2.16. The van der Waals surface area contributed by atoms with Crippen molar-refractivity contribution in [1.82, 2.24) is 0 Å². The lowest BCUT2D eigenvalue weighted by Gasteiger charge is -2.03. The molecule has 0 aromatic heterocycles. The van der Waals surface area contributed by atoms with Crippen LogP contribution in [0.25, 0.3) is 0 Å². The lowest BCUT2D eigenvalue weighted by atomic mass is 10.3. The Kier molecular flexibility index (Phi) is 3.45. The fraction of sp³-hybridized carbons (Fsp3) is 0.250. The van der Waals surface area contributed by atoms with Gasteiger partial charge in [0.2, 0.25) is 0 Å². The first-order valence-corrected chi connectivity index (χ1v) is 4.88. The van der Waals surface area contributed by atoms with Gasteiger partial charge in [-0.1, -0.05) is 11.6 Å². The van der Waals surface area contributed by atoms with Crippen molar-refractivity contribution in [3.05, 3.63) is 26.8 Å². The molecule has 1 aromatic carbocycles. The van der Waals surface area contributed by atoms with Crippen molar-refractivity contribution in [3.63, 3.8) is 0 Å². The van der Waals surface area contributed by atoms with Crippen LogP contribution >= 0.6 is 34.2 Å². The number of hydrogen-bond acceptors (Lipinski definition) is 1. The van der Waals surface area contributed by atoms with Crippen LogP contribution in [0, 0.1) is 3.57 Å². The van der Waals surface area contributed by atoms with E-state index >= 15 is 0 Å². The molecule has 0 aliphatic carbocycles. The van der Waals surface area contributed by atoms with Crippen LogP contribution in [0.3, 0.4) is 0 Å². The molecule has 0 spiro atoms. The molecule has 0 fully saturated rings. The fourth-order valence-corrected chi connectivity index (χ4v) is 1.33. The maximum Gasteiger partial charge on any atom is 0.0559 e. The number of benzene rings is 1. The van der Waals surface area contributed by atoms with Gasteiger partial charge in [-0.2, -0.15) is 0 Å². The van der Waals surface area contributed by atoms with Gasteiger partial charge in [0, 0.05) is 15.8 Å². The third-order valence-electron chi connectivity index (χ3n) is 1.30. The minimum Gasteiger partial charge on any atom is -0.385 e. The molecule has 1 rings (SSSR count). The summed E-state index contributed by atoms with van der Waals surface area (Å²) in [7, 11) is 0. The molecule has 0 saturated carbocycles. The number of hydrogen-bond donors (Lipinski definition) is 1. The molecule has 0 aliphatic heterocycles. The molecule has 0 unspecified atom stereocenters. The third kappa shape index (κ3) is 2.52. The second-order valence-corrected chi connectivity index (χ2v) is 3.73. The average molecular weight is 282 g/mol. The molecule has 0 atom stereocenters. The highest BCUT2D eigenvalue weighted by Crippen LogP contribution is 2.21. The molecule has 0 amide bonds. The predicted octanol–water partition coefficient (Wildman–Crippen LogP) is 3.38. The van der Waals surface area contributed by atoms with Gasteiger partial charge in [0.15, 0.2) is 0 Å². The topological polar surface area (TPSA) is 12.0 Å². The molecule has 3 heteroatoms. The first-order valence-electron chi connectivity index (χ1n) is 3.43. The normalized spacial score (nSPS) is 9.73. The summed E-state index contributed by atoms with van der Waals surface area (Å²) in [6.45, 7) is 2.99. The van der Waals surface area contributed by atoms with Crippen LogP contribution in [0.1, 0.15) is 6.92 Å². The first-order chi connectivity index (χ1) is 5.24. The van der Waals surface area contributed by atoms with Gasteiger partial charge in [-0.15, -0.1) is 0 Å². The molecule has 1 nitrogen and oxygen atoms in total. The molecule has 60 valence electrons. The van der Waals surface area contributed by atoms with Crippen molar-refractivity contribution < 1.29 is 0 Å².